The predicted octanol–water partition coefficient (Wildman–Crippen LogP) is 2.70. The fourth-order valence-corrected chi connectivity index (χ4v) is 4.23. The van der Waals surface area contributed by atoms with Crippen molar-refractivity contribution in [3.05, 3.63) is 30.0 Å². The van der Waals surface area contributed by atoms with Crippen LogP contribution in [0.15, 0.2) is 24.3 Å². The third kappa shape index (κ3) is 6.23. The van der Waals surface area contributed by atoms with Gasteiger partial charge in [-0.3, -0.25) is 13.7 Å². The van der Waals surface area contributed by atoms with E-state index in [1.165, 1.54) is 4.90 Å². The number of aromatic nitrogens is 2. The molecule has 2 atom stereocenters. The molecule has 0 aliphatic carbocycles. The summed E-state index contributed by atoms with van der Waals surface area (Å²) in [5, 5.41) is 8.20. The van der Waals surface area contributed by atoms with Gasteiger partial charge < -0.3 is 15.0 Å². The summed E-state index contributed by atoms with van der Waals surface area (Å²) < 4.78 is 35.2. The Balaban J connectivity index is 1.80. The van der Waals surface area contributed by atoms with E-state index in [0.717, 1.165) is 17.2 Å². The number of carbonyl (C=O) groups is 2. The topological polar surface area (TPSA) is 120 Å². The summed E-state index contributed by atoms with van der Waals surface area (Å²) in [5.41, 5.74) is 0.446. The van der Waals surface area contributed by atoms with Gasteiger partial charge in [0, 0.05) is 24.0 Å². The van der Waals surface area contributed by atoms with Crippen molar-refractivity contribution in [2.45, 2.75) is 64.8 Å². The van der Waals surface area contributed by atoms with Crippen molar-refractivity contribution in [1.29, 1.82) is 0 Å². The van der Waals surface area contributed by atoms with Gasteiger partial charge in [0.2, 0.25) is 0 Å². The van der Waals surface area contributed by atoms with Crippen LogP contribution in [-0.4, -0.2) is 72.2 Å². The van der Waals surface area contributed by atoms with Crippen molar-refractivity contribution in [3.8, 4) is 0 Å². The summed E-state index contributed by atoms with van der Waals surface area (Å²) in [5.74, 6) is -0.357. The summed E-state index contributed by atoms with van der Waals surface area (Å²) in [6.07, 6.45) is 0.689. The highest BCUT2D eigenvalue weighted by Gasteiger charge is 2.39. The van der Waals surface area contributed by atoms with Gasteiger partial charge in [-0.05, 0) is 47.1 Å². The second kappa shape index (κ2) is 9.30. The molecule has 182 valence electrons. The SMILES string of the molecule is CC(C)n1nc(C(=O)N[C@H]2C[C@@H](COS(C)(=O)=O)N(C(=O)OC(C)(C)C)C2)c2ccccc21. The maximum absolute atomic E-state index is 13.1. The normalized spacial score (nSPS) is 19.3. The third-order valence-electron chi connectivity index (χ3n) is 5.17. The van der Waals surface area contributed by atoms with Gasteiger partial charge in [-0.1, -0.05) is 18.2 Å². The molecule has 1 aromatic heterocycles. The standard InChI is InChI=1S/C22H32N4O6S/c1-14(2)26-18-10-8-7-9-17(18)19(24-26)20(27)23-15-11-16(13-31-33(6,29)30)25(12-15)21(28)32-22(3,4)5/h7-10,14-16H,11-13H2,1-6H3,(H,23,27)/t15-,16-/m0/s1. The molecular weight excluding hydrogens is 448 g/mol. The minimum Gasteiger partial charge on any atom is -0.444 e. The van der Waals surface area contributed by atoms with Gasteiger partial charge in [0.1, 0.15) is 5.60 Å². The highest BCUT2D eigenvalue weighted by molar-refractivity contribution is 7.85. The number of hydrogen-bond donors (Lipinski definition) is 1. The molecule has 1 fully saturated rings. The van der Waals surface area contributed by atoms with E-state index in [1.807, 2.05) is 38.1 Å². The summed E-state index contributed by atoms with van der Waals surface area (Å²) in [6.45, 7) is 9.18. The Kier molecular flexibility index (Phi) is 7.04. The first-order chi connectivity index (χ1) is 15.2. The van der Waals surface area contributed by atoms with Crippen LogP contribution >= 0.6 is 0 Å². The van der Waals surface area contributed by atoms with Crippen molar-refractivity contribution in [2.75, 3.05) is 19.4 Å². The molecule has 33 heavy (non-hydrogen) atoms. The van der Waals surface area contributed by atoms with Crippen LogP contribution in [0, 0.1) is 0 Å². The molecule has 0 bridgehead atoms. The molecule has 2 heterocycles. The average molecular weight is 481 g/mol. The third-order valence-corrected chi connectivity index (χ3v) is 5.73. The highest BCUT2D eigenvalue weighted by Crippen LogP contribution is 2.25. The first-order valence-corrected chi connectivity index (χ1v) is 12.7. The molecule has 0 unspecified atom stereocenters. The predicted molar refractivity (Wildman–Crippen MR) is 124 cm³/mol. The second-order valence-corrected chi connectivity index (χ2v) is 11.2. The number of fused-ring (bicyclic) bond motifs is 1. The Labute approximate surface area is 194 Å². The van der Waals surface area contributed by atoms with Crippen molar-refractivity contribution in [1.82, 2.24) is 20.0 Å². The first-order valence-electron chi connectivity index (χ1n) is 10.9. The van der Waals surface area contributed by atoms with Crippen LogP contribution in [-0.2, 0) is 19.0 Å². The number of rotatable bonds is 6. The molecule has 1 aliphatic heterocycles. The van der Waals surface area contributed by atoms with Crippen molar-refractivity contribution in [3.63, 3.8) is 0 Å². The molecule has 1 aliphatic rings. The fraction of sp³-hybridized carbons (Fsp3) is 0.591. The molecule has 0 radical (unpaired) electrons. The summed E-state index contributed by atoms with van der Waals surface area (Å²) in [4.78, 5) is 27.3. The smallest absolute Gasteiger partial charge is 0.410 e. The van der Waals surface area contributed by atoms with Gasteiger partial charge in [-0.2, -0.15) is 13.5 Å². The minimum atomic E-state index is -3.69. The maximum atomic E-state index is 13.1. The molecule has 11 heteroatoms. The quantitative estimate of drug-likeness (QED) is 0.631. The lowest BCUT2D eigenvalue weighted by molar-refractivity contribution is 0.0186. The molecule has 3 rings (SSSR count). The second-order valence-electron chi connectivity index (χ2n) is 9.59. The van der Waals surface area contributed by atoms with Crippen LogP contribution in [0.1, 0.15) is 57.6 Å². The van der Waals surface area contributed by atoms with E-state index in [1.54, 1.807) is 25.5 Å². The Hall–Kier alpha value is -2.66. The van der Waals surface area contributed by atoms with Crippen molar-refractivity contribution >= 4 is 33.0 Å². The number of nitrogens with zero attached hydrogens (tertiary/aromatic N) is 3. The Morgan fingerprint density at radius 2 is 1.91 bits per heavy atom. The van der Waals surface area contributed by atoms with Gasteiger partial charge in [-0.15, -0.1) is 0 Å². The number of para-hydroxylation sites is 1. The molecule has 0 saturated carbocycles. The van der Waals surface area contributed by atoms with Gasteiger partial charge in [0.25, 0.3) is 16.0 Å². The number of nitrogens with one attached hydrogen (secondary N) is 1. The number of ether oxygens (including phenoxy) is 1. The lowest BCUT2D eigenvalue weighted by Gasteiger charge is -2.28. The van der Waals surface area contributed by atoms with Crippen LogP contribution in [0.25, 0.3) is 10.9 Å². The van der Waals surface area contributed by atoms with Crippen LogP contribution in [0.3, 0.4) is 0 Å². The molecule has 0 spiro atoms. The largest absolute Gasteiger partial charge is 0.444 e. The van der Waals surface area contributed by atoms with E-state index in [0.29, 0.717) is 12.1 Å². The minimum absolute atomic E-state index is 0.0723. The van der Waals surface area contributed by atoms with Crippen LogP contribution in [0.2, 0.25) is 0 Å². The maximum Gasteiger partial charge on any atom is 0.410 e. The van der Waals surface area contributed by atoms with Crippen LogP contribution < -0.4 is 5.32 Å². The molecule has 2 amide bonds. The van der Waals surface area contributed by atoms with Crippen molar-refractivity contribution < 1.29 is 26.9 Å². The Morgan fingerprint density at radius 3 is 2.52 bits per heavy atom. The van der Waals surface area contributed by atoms with E-state index in [9.17, 15) is 18.0 Å². The number of amides is 2. The number of benzene rings is 1. The van der Waals surface area contributed by atoms with E-state index in [-0.39, 0.29) is 25.1 Å². The fourth-order valence-electron chi connectivity index (χ4n) is 3.83. The zero-order valence-electron chi connectivity index (χ0n) is 19.9. The average Bonchev–Trinajstić information content (AvgIpc) is 3.26. The summed E-state index contributed by atoms with van der Waals surface area (Å²) in [6, 6.07) is 6.60. The van der Waals surface area contributed by atoms with E-state index >= 15 is 0 Å². The Bertz CT molecular complexity index is 1140. The summed E-state index contributed by atoms with van der Waals surface area (Å²) >= 11 is 0. The molecular formula is C22H32N4O6S. The molecule has 1 N–H and O–H groups in total. The zero-order valence-corrected chi connectivity index (χ0v) is 20.7. The lowest BCUT2D eigenvalue weighted by Crippen LogP contribution is -2.43. The molecule has 2 aromatic rings. The monoisotopic (exact) mass is 480 g/mol. The van der Waals surface area contributed by atoms with Gasteiger partial charge >= 0.3 is 6.09 Å². The lowest BCUT2D eigenvalue weighted by atomic mass is 10.1. The Morgan fingerprint density at radius 1 is 1.24 bits per heavy atom. The summed E-state index contributed by atoms with van der Waals surface area (Å²) in [7, 11) is -3.69. The number of carbonyl (C=O) groups excluding carboxylic acids is 2. The first kappa shape index (κ1) is 25.0. The van der Waals surface area contributed by atoms with Crippen LogP contribution in [0.5, 0.6) is 0 Å². The molecule has 1 saturated heterocycles. The highest BCUT2D eigenvalue weighted by atomic mass is 32.2. The van der Waals surface area contributed by atoms with Gasteiger partial charge in [0.05, 0.1) is 24.4 Å². The van der Waals surface area contributed by atoms with E-state index in [2.05, 4.69) is 10.4 Å². The number of likely N-dealkylation sites (tertiary alicyclic amines) is 1. The molecule has 10 nitrogen and oxygen atoms in total. The van der Waals surface area contributed by atoms with Crippen LogP contribution in [0.4, 0.5) is 4.79 Å². The van der Waals surface area contributed by atoms with Gasteiger partial charge in [0.15, 0.2) is 5.69 Å². The number of hydrogen-bond acceptors (Lipinski definition) is 7. The van der Waals surface area contributed by atoms with Crippen molar-refractivity contribution in [2.24, 2.45) is 0 Å². The van der Waals surface area contributed by atoms with E-state index in [4.69, 9.17) is 8.92 Å². The van der Waals surface area contributed by atoms with E-state index < -0.39 is 33.9 Å². The van der Waals surface area contributed by atoms with Gasteiger partial charge in [-0.25, -0.2) is 4.79 Å². The zero-order chi connectivity index (χ0) is 24.6. The molecule has 1 aromatic carbocycles.